The minimum absolute atomic E-state index is 0.0579. The molecule has 8 heteroatoms. The molecule has 1 N–H and O–H groups in total. The van der Waals surface area contributed by atoms with Crippen LogP contribution in [0.2, 0.25) is 0 Å². The van der Waals surface area contributed by atoms with Crippen LogP contribution >= 0.6 is 0 Å². The highest BCUT2D eigenvalue weighted by molar-refractivity contribution is 7.89. The molecule has 1 fully saturated rings. The first-order valence-corrected chi connectivity index (χ1v) is 8.24. The summed E-state index contributed by atoms with van der Waals surface area (Å²) in [6.45, 7) is 1.06. The maximum atomic E-state index is 11.6. The predicted octanol–water partition coefficient (Wildman–Crippen LogP) is -1.04. The molecule has 1 saturated heterocycles. The van der Waals surface area contributed by atoms with E-state index in [1.54, 1.807) is 0 Å². The van der Waals surface area contributed by atoms with E-state index in [0.717, 1.165) is 19.1 Å². The molecule has 0 spiro atoms. The summed E-state index contributed by atoms with van der Waals surface area (Å²) in [5, 5.41) is 0. The van der Waals surface area contributed by atoms with Crippen molar-refractivity contribution in [1.82, 2.24) is 9.03 Å². The monoisotopic (exact) mass is 256 g/mol. The fourth-order valence-electron chi connectivity index (χ4n) is 1.45. The maximum Gasteiger partial charge on any atom is 0.215 e. The molecule has 0 aromatic heterocycles. The predicted molar refractivity (Wildman–Crippen MR) is 57.4 cm³/mol. The van der Waals surface area contributed by atoms with Crippen molar-refractivity contribution in [2.45, 2.75) is 12.8 Å². The first-order chi connectivity index (χ1) is 6.81. The molecular weight excluding hydrogens is 240 g/mol. The van der Waals surface area contributed by atoms with Gasteiger partial charge in [-0.1, -0.05) is 0 Å². The molecule has 0 radical (unpaired) electrons. The molecule has 0 aliphatic carbocycles. The normalized spacial score (nSPS) is 19.5. The van der Waals surface area contributed by atoms with E-state index >= 15 is 0 Å². The van der Waals surface area contributed by atoms with Crippen molar-refractivity contribution in [3.05, 3.63) is 0 Å². The summed E-state index contributed by atoms with van der Waals surface area (Å²) in [6.07, 6.45) is 2.78. The highest BCUT2D eigenvalue weighted by Crippen LogP contribution is 2.12. The van der Waals surface area contributed by atoms with Crippen LogP contribution in [-0.4, -0.2) is 52.8 Å². The van der Waals surface area contributed by atoms with Gasteiger partial charge in [0.25, 0.3) is 0 Å². The summed E-state index contributed by atoms with van der Waals surface area (Å²) in [4.78, 5) is 0. The van der Waals surface area contributed by atoms with E-state index < -0.39 is 20.0 Å². The van der Waals surface area contributed by atoms with Crippen molar-refractivity contribution < 1.29 is 16.8 Å². The molecule has 0 atom stereocenters. The Morgan fingerprint density at radius 3 is 2.13 bits per heavy atom. The number of hydrogen-bond donors (Lipinski definition) is 1. The molecule has 0 unspecified atom stereocenters. The zero-order valence-electron chi connectivity index (χ0n) is 8.64. The van der Waals surface area contributed by atoms with E-state index in [0.29, 0.717) is 13.1 Å². The Kier molecular flexibility index (Phi) is 4.10. The molecule has 1 heterocycles. The average Bonchev–Trinajstić information content (AvgIpc) is 2.52. The van der Waals surface area contributed by atoms with Crippen LogP contribution in [0.5, 0.6) is 0 Å². The van der Waals surface area contributed by atoms with Crippen LogP contribution in [0.25, 0.3) is 0 Å². The van der Waals surface area contributed by atoms with Gasteiger partial charge in [-0.05, 0) is 12.8 Å². The highest BCUT2D eigenvalue weighted by atomic mass is 32.2. The quantitative estimate of drug-likeness (QED) is 0.681. The molecule has 0 bridgehead atoms. The summed E-state index contributed by atoms with van der Waals surface area (Å²) in [5.41, 5.74) is 0. The van der Waals surface area contributed by atoms with Gasteiger partial charge in [-0.2, -0.15) is 0 Å². The Hall–Kier alpha value is -0.180. The van der Waals surface area contributed by atoms with Gasteiger partial charge in [-0.25, -0.2) is 25.9 Å². The number of nitrogens with zero attached hydrogens (tertiary/aromatic N) is 1. The molecule has 1 aliphatic heterocycles. The topological polar surface area (TPSA) is 83.5 Å². The number of hydrogen-bond acceptors (Lipinski definition) is 4. The van der Waals surface area contributed by atoms with Gasteiger partial charge in [0, 0.05) is 19.6 Å². The van der Waals surface area contributed by atoms with Gasteiger partial charge in [-0.15, -0.1) is 0 Å². The summed E-state index contributed by atoms with van der Waals surface area (Å²) in [5.74, 6) is -0.167. The minimum Gasteiger partial charge on any atom is -0.214 e. The molecule has 0 aromatic rings. The molecule has 90 valence electrons. The van der Waals surface area contributed by atoms with Gasteiger partial charge in [0.15, 0.2) is 0 Å². The standard InChI is InChI=1S/C7H16N2O4S2/c1-14(10,11)8-4-7-15(12,13)9-5-2-3-6-9/h8H,2-7H2,1H3. The van der Waals surface area contributed by atoms with Crippen molar-refractivity contribution in [2.24, 2.45) is 0 Å². The SMILES string of the molecule is CS(=O)(=O)NCCS(=O)(=O)N1CCCC1. The van der Waals surface area contributed by atoms with Gasteiger partial charge in [0.1, 0.15) is 0 Å². The average molecular weight is 256 g/mol. The minimum atomic E-state index is -3.30. The Labute approximate surface area is 90.8 Å². The van der Waals surface area contributed by atoms with E-state index in [-0.39, 0.29) is 12.3 Å². The number of sulfonamides is 2. The highest BCUT2D eigenvalue weighted by Gasteiger charge is 2.24. The van der Waals surface area contributed by atoms with Gasteiger partial charge < -0.3 is 0 Å². The van der Waals surface area contributed by atoms with Crippen molar-refractivity contribution in [3.8, 4) is 0 Å². The van der Waals surface area contributed by atoms with Crippen LogP contribution in [0.1, 0.15) is 12.8 Å². The lowest BCUT2D eigenvalue weighted by Gasteiger charge is -2.14. The third-order valence-electron chi connectivity index (χ3n) is 2.18. The van der Waals surface area contributed by atoms with Crippen molar-refractivity contribution in [1.29, 1.82) is 0 Å². The molecule has 1 rings (SSSR count). The zero-order chi connectivity index (χ0) is 11.5. The van der Waals surface area contributed by atoms with Gasteiger partial charge in [-0.3, -0.25) is 0 Å². The Morgan fingerprint density at radius 1 is 1.13 bits per heavy atom. The molecule has 0 amide bonds. The van der Waals surface area contributed by atoms with Crippen LogP contribution < -0.4 is 4.72 Å². The Balaban J connectivity index is 2.43. The summed E-state index contributed by atoms with van der Waals surface area (Å²) in [7, 11) is -6.58. The van der Waals surface area contributed by atoms with E-state index in [1.165, 1.54) is 4.31 Å². The molecule has 15 heavy (non-hydrogen) atoms. The second-order valence-corrected chi connectivity index (χ2v) is 7.51. The zero-order valence-corrected chi connectivity index (χ0v) is 10.3. The molecule has 1 aliphatic rings. The van der Waals surface area contributed by atoms with Crippen molar-refractivity contribution in [2.75, 3.05) is 31.6 Å². The summed E-state index contributed by atoms with van der Waals surface area (Å²) in [6, 6.07) is 0. The molecule has 0 saturated carbocycles. The lowest BCUT2D eigenvalue weighted by molar-refractivity contribution is 0.477. The maximum absolute atomic E-state index is 11.6. The largest absolute Gasteiger partial charge is 0.215 e. The second-order valence-electron chi connectivity index (χ2n) is 3.59. The van der Waals surface area contributed by atoms with Gasteiger partial charge >= 0.3 is 0 Å². The first-order valence-electron chi connectivity index (χ1n) is 4.74. The van der Waals surface area contributed by atoms with E-state index in [2.05, 4.69) is 4.72 Å². The van der Waals surface area contributed by atoms with Crippen LogP contribution in [0.4, 0.5) is 0 Å². The lowest BCUT2D eigenvalue weighted by atomic mass is 10.4. The third-order valence-corrected chi connectivity index (χ3v) is 4.78. The first kappa shape index (κ1) is 12.9. The van der Waals surface area contributed by atoms with Crippen molar-refractivity contribution in [3.63, 3.8) is 0 Å². The number of nitrogens with one attached hydrogen (secondary N) is 1. The van der Waals surface area contributed by atoms with Crippen molar-refractivity contribution >= 4 is 20.0 Å². The van der Waals surface area contributed by atoms with E-state index in [4.69, 9.17) is 0 Å². The molecule has 6 nitrogen and oxygen atoms in total. The van der Waals surface area contributed by atoms with Crippen LogP contribution in [0.15, 0.2) is 0 Å². The number of rotatable bonds is 5. The van der Waals surface area contributed by atoms with Crippen LogP contribution in [-0.2, 0) is 20.0 Å². The molecular formula is C7H16N2O4S2. The second kappa shape index (κ2) is 4.77. The smallest absolute Gasteiger partial charge is 0.214 e. The Bertz CT molecular complexity index is 395. The summed E-state index contributed by atoms with van der Waals surface area (Å²) >= 11 is 0. The van der Waals surface area contributed by atoms with Gasteiger partial charge in [0.2, 0.25) is 20.0 Å². The van der Waals surface area contributed by atoms with Crippen LogP contribution in [0.3, 0.4) is 0 Å². The van der Waals surface area contributed by atoms with E-state index in [9.17, 15) is 16.8 Å². The fourth-order valence-corrected chi connectivity index (χ4v) is 3.49. The summed E-state index contributed by atoms with van der Waals surface area (Å²) < 4.78 is 48.2. The molecule has 0 aromatic carbocycles. The van der Waals surface area contributed by atoms with Crippen LogP contribution in [0, 0.1) is 0 Å². The fraction of sp³-hybridized carbons (Fsp3) is 1.00. The lowest BCUT2D eigenvalue weighted by Crippen LogP contribution is -2.35. The third kappa shape index (κ3) is 4.45. The Morgan fingerprint density at radius 2 is 1.67 bits per heavy atom. The van der Waals surface area contributed by atoms with E-state index in [1.807, 2.05) is 0 Å². The van der Waals surface area contributed by atoms with Gasteiger partial charge in [0.05, 0.1) is 12.0 Å².